The Morgan fingerprint density at radius 3 is 2.25 bits per heavy atom. The summed E-state index contributed by atoms with van der Waals surface area (Å²) in [6, 6.07) is 28.2. The molecular weight excluding hydrogens is 418 g/mol. The van der Waals surface area contributed by atoms with Gasteiger partial charge in [-0.1, -0.05) is 96.2 Å². The molecule has 0 heterocycles. The van der Waals surface area contributed by atoms with Crippen molar-refractivity contribution in [1.82, 2.24) is 5.32 Å². The molecule has 0 spiro atoms. The lowest BCUT2D eigenvalue weighted by atomic mass is 9.98. The van der Waals surface area contributed by atoms with Gasteiger partial charge in [0, 0.05) is 21.9 Å². The van der Waals surface area contributed by atoms with E-state index < -0.39 is 6.09 Å². The molecule has 32 heavy (non-hydrogen) atoms. The molecule has 0 aromatic heterocycles. The lowest BCUT2D eigenvalue weighted by Crippen LogP contribution is -2.26. The largest absolute Gasteiger partial charge is 0.449 e. The molecule has 4 heteroatoms. The van der Waals surface area contributed by atoms with E-state index in [0.717, 1.165) is 16.3 Å². The molecule has 1 aliphatic rings. The van der Waals surface area contributed by atoms with E-state index in [2.05, 4.69) is 41.4 Å². The van der Waals surface area contributed by atoms with Crippen LogP contribution in [0, 0.1) is 11.8 Å². The Hall–Kier alpha value is -3.74. The molecule has 5 rings (SSSR count). The highest BCUT2D eigenvalue weighted by Gasteiger charge is 2.28. The molecule has 0 saturated heterocycles. The van der Waals surface area contributed by atoms with Crippen LogP contribution in [-0.4, -0.2) is 19.2 Å². The van der Waals surface area contributed by atoms with Crippen LogP contribution in [0.5, 0.6) is 0 Å². The van der Waals surface area contributed by atoms with E-state index >= 15 is 0 Å². The summed E-state index contributed by atoms with van der Waals surface area (Å²) in [5.41, 5.74) is 5.62. The molecule has 0 aliphatic heterocycles. The van der Waals surface area contributed by atoms with Gasteiger partial charge in [0.1, 0.15) is 6.61 Å². The first-order valence-electron chi connectivity index (χ1n) is 10.5. The predicted molar refractivity (Wildman–Crippen MR) is 129 cm³/mol. The number of hydrogen-bond acceptors (Lipinski definition) is 2. The SMILES string of the molecule is O=C(NCC#Cc1cccc2cccc(Cl)c12)OCC1c2ccccc2-c2ccccc21. The summed E-state index contributed by atoms with van der Waals surface area (Å²) in [6.07, 6.45) is -0.475. The number of rotatable bonds is 3. The normalized spacial score (nSPS) is 11.9. The molecule has 0 atom stereocenters. The first-order chi connectivity index (χ1) is 15.7. The molecule has 4 aromatic carbocycles. The number of hydrogen-bond donors (Lipinski definition) is 1. The summed E-state index contributed by atoms with van der Waals surface area (Å²) in [6.45, 7) is 0.476. The van der Waals surface area contributed by atoms with Crippen molar-refractivity contribution in [2.45, 2.75) is 5.92 Å². The summed E-state index contributed by atoms with van der Waals surface area (Å²) >= 11 is 6.34. The van der Waals surface area contributed by atoms with Gasteiger partial charge in [-0.15, -0.1) is 0 Å². The maximum absolute atomic E-state index is 12.3. The summed E-state index contributed by atoms with van der Waals surface area (Å²) in [5.74, 6) is 6.13. The monoisotopic (exact) mass is 437 g/mol. The number of halogens is 1. The van der Waals surface area contributed by atoms with Crippen LogP contribution in [0.4, 0.5) is 4.79 Å². The van der Waals surface area contributed by atoms with Crippen molar-refractivity contribution in [3.63, 3.8) is 0 Å². The molecular formula is C28H20ClNO2. The van der Waals surface area contributed by atoms with Gasteiger partial charge in [-0.25, -0.2) is 4.79 Å². The minimum absolute atomic E-state index is 0.0389. The summed E-state index contributed by atoms with van der Waals surface area (Å²) in [5, 5.41) is 5.34. The second-order valence-corrected chi connectivity index (χ2v) is 8.03. The Bertz CT molecular complexity index is 1330. The van der Waals surface area contributed by atoms with E-state index in [1.165, 1.54) is 22.3 Å². The molecule has 1 aliphatic carbocycles. The van der Waals surface area contributed by atoms with Crippen molar-refractivity contribution in [2.75, 3.05) is 13.2 Å². The molecule has 0 radical (unpaired) electrons. The van der Waals surface area contributed by atoms with Gasteiger partial charge < -0.3 is 10.1 Å². The molecule has 0 saturated carbocycles. The van der Waals surface area contributed by atoms with Crippen LogP contribution in [0.1, 0.15) is 22.6 Å². The van der Waals surface area contributed by atoms with E-state index in [4.69, 9.17) is 16.3 Å². The zero-order valence-electron chi connectivity index (χ0n) is 17.3. The first kappa shape index (κ1) is 20.2. The smallest absolute Gasteiger partial charge is 0.407 e. The molecule has 4 aromatic rings. The van der Waals surface area contributed by atoms with Gasteiger partial charge in [-0.05, 0) is 39.8 Å². The maximum atomic E-state index is 12.3. The topological polar surface area (TPSA) is 38.3 Å². The third kappa shape index (κ3) is 3.82. The summed E-state index contributed by atoms with van der Waals surface area (Å²) in [4.78, 5) is 12.3. The second kappa shape index (κ2) is 8.78. The fraction of sp³-hybridized carbons (Fsp3) is 0.107. The Labute approximate surface area is 192 Å². The zero-order valence-corrected chi connectivity index (χ0v) is 18.0. The number of carbonyl (C=O) groups excluding carboxylic acids is 1. The molecule has 156 valence electrons. The third-order valence-corrected chi connectivity index (χ3v) is 6.06. The van der Waals surface area contributed by atoms with Crippen LogP contribution < -0.4 is 5.32 Å². The first-order valence-corrected chi connectivity index (χ1v) is 10.8. The Morgan fingerprint density at radius 1 is 0.875 bits per heavy atom. The van der Waals surface area contributed by atoms with Crippen LogP contribution in [-0.2, 0) is 4.74 Å². The van der Waals surface area contributed by atoms with E-state index in [9.17, 15) is 4.79 Å². The van der Waals surface area contributed by atoms with E-state index in [-0.39, 0.29) is 19.1 Å². The Kier molecular flexibility index (Phi) is 5.54. The van der Waals surface area contributed by atoms with Crippen molar-refractivity contribution < 1.29 is 9.53 Å². The molecule has 1 N–H and O–H groups in total. The average Bonchev–Trinajstić information content (AvgIpc) is 3.14. The maximum Gasteiger partial charge on any atom is 0.407 e. The summed E-state index contributed by atoms with van der Waals surface area (Å²) < 4.78 is 5.54. The van der Waals surface area contributed by atoms with Gasteiger partial charge >= 0.3 is 6.09 Å². The van der Waals surface area contributed by atoms with Gasteiger partial charge in [0.05, 0.1) is 6.54 Å². The highest BCUT2D eigenvalue weighted by atomic mass is 35.5. The van der Waals surface area contributed by atoms with Crippen molar-refractivity contribution in [1.29, 1.82) is 0 Å². The van der Waals surface area contributed by atoms with Crippen LogP contribution >= 0.6 is 11.6 Å². The van der Waals surface area contributed by atoms with Crippen molar-refractivity contribution in [3.8, 4) is 23.0 Å². The fourth-order valence-electron chi connectivity index (χ4n) is 4.30. The average molecular weight is 438 g/mol. The van der Waals surface area contributed by atoms with Gasteiger partial charge in [0.15, 0.2) is 0 Å². The fourth-order valence-corrected chi connectivity index (χ4v) is 4.59. The quantitative estimate of drug-likeness (QED) is 0.377. The highest BCUT2D eigenvalue weighted by Crippen LogP contribution is 2.44. The number of ether oxygens (including phenoxy) is 1. The van der Waals surface area contributed by atoms with Crippen molar-refractivity contribution >= 4 is 28.5 Å². The van der Waals surface area contributed by atoms with Crippen molar-refractivity contribution in [3.05, 3.63) is 107 Å². The minimum atomic E-state index is -0.475. The summed E-state index contributed by atoms with van der Waals surface area (Å²) in [7, 11) is 0. The molecule has 0 bridgehead atoms. The number of carbonyl (C=O) groups is 1. The minimum Gasteiger partial charge on any atom is -0.449 e. The van der Waals surface area contributed by atoms with Gasteiger partial charge in [0.25, 0.3) is 0 Å². The van der Waals surface area contributed by atoms with E-state index in [1.807, 2.05) is 60.7 Å². The lowest BCUT2D eigenvalue weighted by molar-refractivity contribution is 0.144. The predicted octanol–water partition coefficient (Wildman–Crippen LogP) is 6.38. The Morgan fingerprint density at radius 2 is 1.53 bits per heavy atom. The second-order valence-electron chi connectivity index (χ2n) is 7.62. The Balaban J connectivity index is 1.23. The van der Waals surface area contributed by atoms with Crippen molar-refractivity contribution in [2.24, 2.45) is 0 Å². The molecule has 0 unspecified atom stereocenters. The van der Waals surface area contributed by atoms with Gasteiger partial charge in [-0.2, -0.15) is 0 Å². The van der Waals surface area contributed by atoms with E-state index in [1.54, 1.807) is 0 Å². The zero-order chi connectivity index (χ0) is 21.9. The number of alkyl carbamates (subject to hydrolysis) is 1. The molecule has 1 amide bonds. The molecule has 0 fully saturated rings. The number of amides is 1. The van der Waals surface area contributed by atoms with Crippen LogP contribution in [0.3, 0.4) is 0 Å². The molecule has 3 nitrogen and oxygen atoms in total. The highest BCUT2D eigenvalue weighted by molar-refractivity contribution is 6.36. The van der Waals surface area contributed by atoms with E-state index in [0.29, 0.717) is 5.02 Å². The number of benzene rings is 4. The third-order valence-electron chi connectivity index (χ3n) is 5.74. The van der Waals surface area contributed by atoms with Crippen LogP contribution in [0.15, 0.2) is 84.9 Å². The van der Waals surface area contributed by atoms with Crippen LogP contribution in [0.25, 0.3) is 21.9 Å². The van der Waals surface area contributed by atoms with Gasteiger partial charge in [-0.3, -0.25) is 0 Å². The van der Waals surface area contributed by atoms with Gasteiger partial charge in [0.2, 0.25) is 0 Å². The van der Waals surface area contributed by atoms with Crippen LogP contribution in [0.2, 0.25) is 5.02 Å². The standard InChI is InChI=1S/C28H20ClNO2/c29-26-16-6-10-19-8-5-9-20(27(19)26)11-7-17-30-28(31)32-18-25-23-14-3-1-12-21(23)22-13-2-4-15-24(22)25/h1-6,8-10,12-16,25H,17-18H2,(H,30,31). The lowest BCUT2D eigenvalue weighted by Gasteiger charge is -2.14. The number of nitrogens with one attached hydrogen (secondary N) is 1. The number of fused-ring (bicyclic) bond motifs is 4.